The zero-order valence-electron chi connectivity index (χ0n) is 18.5. The number of guanidine groups is 1. The lowest BCUT2D eigenvalue weighted by atomic mass is 9.73. The molecule has 1 fully saturated rings. The van der Waals surface area contributed by atoms with Crippen molar-refractivity contribution < 1.29 is 14.2 Å². The largest absolute Gasteiger partial charge is 0.497 e. The van der Waals surface area contributed by atoms with Gasteiger partial charge in [-0.15, -0.1) is 0 Å². The third kappa shape index (κ3) is 6.05. The maximum absolute atomic E-state index is 6.34. The molecule has 1 saturated heterocycles. The summed E-state index contributed by atoms with van der Waals surface area (Å²) in [6.07, 6.45) is 2.67. The van der Waals surface area contributed by atoms with Crippen LogP contribution in [0.5, 0.6) is 11.5 Å². The predicted octanol–water partition coefficient (Wildman–Crippen LogP) is 3.81. The van der Waals surface area contributed by atoms with E-state index in [-0.39, 0.29) is 5.41 Å². The lowest BCUT2D eigenvalue weighted by Gasteiger charge is -2.39. The smallest absolute Gasteiger partial charge is 0.191 e. The number of hydrogen-bond acceptors (Lipinski definition) is 4. The van der Waals surface area contributed by atoms with Gasteiger partial charge in [-0.05, 0) is 55.2 Å². The minimum absolute atomic E-state index is 0.137. The molecule has 7 heteroatoms. The Hall–Kier alpha value is -2.44. The quantitative estimate of drug-likeness (QED) is 0.477. The first-order valence-electron chi connectivity index (χ1n) is 10.6. The van der Waals surface area contributed by atoms with Crippen molar-refractivity contribution in [3.05, 3.63) is 58.6 Å². The van der Waals surface area contributed by atoms with Crippen LogP contribution in [0.1, 0.15) is 24.0 Å². The van der Waals surface area contributed by atoms with Crippen LogP contribution in [-0.4, -0.2) is 53.5 Å². The Bertz CT molecular complexity index is 865. The number of ether oxygens (including phenoxy) is 3. The molecule has 0 unspecified atom stereocenters. The predicted molar refractivity (Wildman–Crippen MR) is 126 cm³/mol. The molecular weight excluding hydrogens is 414 g/mol. The van der Waals surface area contributed by atoms with Crippen LogP contribution in [-0.2, 0) is 16.6 Å². The molecule has 1 heterocycles. The highest BCUT2D eigenvalue weighted by Gasteiger charge is 2.37. The highest BCUT2D eigenvalue weighted by molar-refractivity contribution is 6.30. The number of aliphatic imine (C=N–C) groups is 1. The van der Waals surface area contributed by atoms with Gasteiger partial charge in [-0.3, -0.25) is 4.99 Å². The second kappa shape index (κ2) is 11.3. The van der Waals surface area contributed by atoms with Crippen molar-refractivity contribution in [3.63, 3.8) is 0 Å². The first kappa shape index (κ1) is 23.2. The van der Waals surface area contributed by atoms with Crippen LogP contribution >= 0.6 is 11.6 Å². The van der Waals surface area contributed by atoms with Gasteiger partial charge in [0.05, 0.1) is 14.2 Å². The van der Waals surface area contributed by atoms with E-state index in [0.29, 0.717) is 18.2 Å². The van der Waals surface area contributed by atoms with Gasteiger partial charge >= 0.3 is 0 Å². The standard InChI is InChI=1S/C24H32ClN3O3/c1-26-23(27-13-10-18-4-7-20(29-2)8-5-18)28-17-24(11-14-31-15-12-24)21-16-19(25)6-9-22(21)30-3/h4-9,16H,10-15,17H2,1-3H3,(H2,26,27,28). The Morgan fingerprint density at radius 2 is 1.81 bits per heavy atom. The summed E-state index contributed by atoms with van der Waals surface area (Å²) in [4.78, 5) is 4.40. The summed E-state index contributed by atoms with van der Waals surface area (Å²) < 4.78 is 16.5. The van der Waals surface area contributed by atoms with Gasteiger partial charge < -0.3 is 24.8 Å². The molecule has 0 aliphatic carbocycles. The van der Waals surface area contributed by atoms with Crippen LogP contribution in [0.4, 0.5) is 0 Å². The maximum Gasteiger partial charge on any atom is 0.191 e. The summed E-state index contributed by atoms with van der Waals surface area (Å²) in [5.74, 6) is 2.50. The molecule has 2 aromatic rings. The van der Waals surface area contributed by atoms with E-state index in [4.69, 9.17) is 25.8 Å². The van der Waals surface area contributed by atoms with E-state index < -0.39 is 0 Å². The van der Waals surface area contributed by atoms with E-state index in [1.54, 1.807) is 21.3 Å². The Labute approximate surface area is 190 Å². The van der Waals surface area contributed by atoms with Crippen molar-refractivity contribution >= 4 is 17.6 Å². The van der Waals surface area contributed by atoms with Gasteiger partial charge in [-0.25, -0.2) is 0 Å². The van der Waals surface area contributed by atoms with Crippen molar-refractivity contribution in [1.29, 1.82) is 0 Å². The summed E-state index contributed by atoms with van der Waals surface area (Å²) in [5, 5.41) is 7.64. The van der Waals surface area contributed by atoms with Crippen LogP contribution in [0, 0.1) is 0 Å². The van der Waals surface area contributed by atoms with E-state index in [9.17, 15) is 0 Å². The van der Waals surface area contributed by atoms with Crippen molar-refractivity contribution in [2.45, 2.75) is 24.7 Å². The number of rotatable bonds is 8. The molecule has 1 aliphatic rings. The molecule has 0 aromatic heterocycles. The minimum Gasteiger partial charge on any atom is -0.497 e. The van der Waals surface area contributed by atoms with E-state index >= 15 is 0 Å². The van der Waals surface area contributed by atoms with E-state index in [2.05, 4.69) is 27.8 Å². The van der Waals surface area contributed by atoms with Crippen molar-refractivity contribution in [2.24, 2.45) is 4.99 Å². The topological polar surface area (TPSA) is 64.1 Å². The summed E-state index contributed by atoms with van der Waals surface area (Å²) in [5.41, 5.74) is 2.22. The fourth-order valence-electron chi connectivity index (χ4n) is 3.99. The highest BCUT2D eigenvalue weighted by atomic mass is 35.5. The Kier molecular flexibility index (Phi) is 8.43. The molecule has 31 heavy (non-hydrogen) atoms. The van der Waals surface area contributed by atoms with Crippen LogP contribution in [0.3, 0.4) is 0 Å². The summed E-state index contributed by atoms with van der Waals surface area (Å²) in [7, 11) is 5.17. The molecule has 2 N–H and O–H groups in total. The van der Waals surface area contributed by atoms with E-state index in [1.165, 1.54) is 5.56 Å². The normalized spacial score (nSPS) is 15.9. The van der Waals surface area contributed by atoms with Gasteiger partial charge in [0.2, 0.25) is 0 Å². The monoisotopic (exact) mass is 445 g/mol. The minimum atomic E-state index is -0.137. The molecule has 0 radical (unpaired) electrons. The molecule has 0 saturated carbocycles. The molecule has 2 aromatic carbocycles. The first-order valence-corrected chi connectivity index (χ1v) is 11.0. The number of nitrogens with zero attached hydrogens (tertiary/aromatic N) is 1. The van der Waals surface area contributed by atoms with Crippen LogP contribution < -0.4 is 20.1 Å². The summed E-state index contributed by atoms with van der Waals surface area (Å²) >= 11 is 6.34. The molecule has 6 nitrogen and oxygen atoms in total. The number of nitrogens with one attached hydrogen (secondary N) is 2. The molecule has 0 spiro atoms. The van der Waals surface area contributed by atoms with Crippen molar-refractivity contribution in [3.8, 4) is 11.5 Å². The summed E-state index contributed by atoms with van der Waals surface area (Å²) in [6.45, 7) is 2.92. The zero-order chi connectivity index (χ0) is 22.1. The van der Waals surface area contributed by atoms with Gasteiger partial charge in [0.15, 0.2) is 5.96 Å². The van der Waals surface area contributed by atoms with Crippen molar-refractivity contribution in [2.75, 3.05) is 47.6 Å². The lowest BCUT2D eigenvalue weighted by Crippen LogP contribution is -2.48. The third-order valence-electron chi connectivity index (χ3n) is 5.87. The number of benzene rings is 2. The molecule has 3 rings (SSSR count). The Morgan fingerprint density at radius 3 is 2.45 bits per heavy atom. The van der Waals surface area contributed by atoms with Gasteiger partial charge in [0.25, 0.3) is 0 Å². The average molecular weight is 446 g/mol. The highest BCUT2D eigenvalue weighted by Crippen LogP contribution is 2.40. The SMILES string of the molecule is CN=C(NCCc1ccc(OC)cc1)NCC1(c2cc(Cl)ccc2OC)CCOCC1. The number of methoxy groups -OCH3 is 2. The summed E-state index contributed by atoms with van der Waals surface area (Å²) in [6, 6.07) is 14.0. The molecule has 0 bridgehead atoms. The molecule has 0 amide bonds. The number of halogens is 1. The fraction of sp³-hybridized carbons (Fsp3) is 0.458. The van der Waals surface area contributed by atoms with Gasteiger partial charge in [-0.2, -0.15) is 0 Å². The van der Waals surface area contributed by atoms with Crippen LogP contribution in [0.15, 0.2) is 47.5 Å². The second-order valence-corrected chi connectivity index (χ2v) is 8.12. The number of hydrogen-bond donors (Lipinski definition) is 2. The van der Waals surface area contributed by atoms with Crippen LogP contribution in [0.2, 0.25) is 5.02 Å². The lowest BCUT2D eigenvalue weighted by molar-refractivity contribution is 0.0505. The molecule has 168 valence electrons. The van der Waals surface area contributed by atoms with Crippen LogP contribution in [0.25, 0.3) is 0 Å². The van der Waals surface area contributed by atoms with E-state index in [0.717, 1.165) is 55.4 Å². The zero-order valence-corrected chi connectivity index (χ0v) is 19.3. The van der Waals surface area contributed by atoms with Gasteiger partial charge in [0.1, 0.15) is 11.5 Å². The third-order valence-corrected chi connectivity index (χ3v) is 6.10. The van der Waals surface area contributed by atoms with Crippen molar-refractivity contribution in [1.82, 2.24) is 10.6 Å². The van der Waals surface area contributed by atoms with Gasteiger partial charge in [0, 0.05) is 49.4 Å². The molecule has 0 atom stereocenters. The fourth-order valence-corrected chi connectivity index (χ4v) is 4.16. The van der Waals surface area contributed by atoms with Gasteiger partial charge in [-0.1, -0.05) is 23.7 Å². The maximum atomic E-state index is 6.34. The Balaban J connectivity index is 1.64. The molecular formula is C24H32ClN3O3. The van der Waals surface area contributed by atoms with E-state index in [1.807, 2.05) is 30.3 Å². The first-order chi connectivity index (χ1) is 15.1. The average Bonchev–Trinajstić information content (AvgIpc) is 2.82. The Morgan fingerprint density at radius 1 is 1.06 bits per heavy atom. The molecule has 1 aliphatic heterocycles. The second-order valence-electron chi connectivity index (χ2n) is 7.69.